The molecule has 2 aromatic rings. The van der Waals surface area contributed by atoms with Crippen molar-refractivity contribution in [3.8, 4) is 17.2 Å². The molecular weight excluding hydrogens is 575 g/mol. The van der Waals surface area contributed by atoms with Crippen LogP contribution in [0.3, 0.4) is 0 Å². The molecule has 1 aliphatic carbocycles. The zero-order valence-electron chi connectivity index (χ0n) is 21.1. The van der Waals surface area contributed by atoms with Gasteiger partial charge in [-0.15, -0.1) is 0 Å². The van der Waals surface area contributed by atoms with Gasteiger partial charge in [0.25, 0.3) is 5.79 Å². The second-order valence-electron chi connectivity index (χ2n) is 10.2. The first-order valence-electron chi connectivity index (χ1n) is 12.4. The predicted octanol–water partition coefficient (Wildman–Crippen LogP) is 6.53. The molecule has 0 bridgehead atoms. The number of esters is 1. The van der Waals surface area contributed by atoms with E-state index in [1.165, 1.54) is 6.92 Å². The maximum atomic E-state index is 14.1. The van der Waals surface area contributed by atoms with E-state index in [0.29, 0.717) is 25.9 Å². The Morgan fingerprint density at radius 1 is 0.975 bits per heavy atom. The second kappa shape index (κ2) is 10.6. The van der Waals surface area contributed by atoms with Gasteiger partial charge in [-0.3, -0.25) is 4.90 Å². The fraction of sp³-hybridized carbons (Fsp3) is 0.500. The van der Waals surface area contributed by atoms with Crippen LogP contribution in [0.1, 0.15) is 48.5 Å². The Labute approximate surface area is 228 Å². The van der Waals surface area contributed by atoms with Crippen LogP contribution in [0.15, 0.2) is 6.07 Å². The van der Waals surface area contributed by atoms with Crippen LogP contribution in [0.25, 0.3) is 0 Å². The summed E-state index contributed by atoms with van der Waals surface area (Å²) in [6.07, 6.45) is 2.40. The minimum absolute atomic E-state index is 0.0798. The van der Waals surface area contributed by atoms with Crippen molar-refractivity contribution < 1.29 is 54.5 Å². The Bertz CT molecular complexity index is 1320. The normalized spacial score (nSPS) is 24.9. The molecule has 6 nitrogen and oxygen atoms in total. The fourth-order valence-corrected chi connectivity index (χ4v) is 5.74. The maximum absolute atomic E-state index is 14.1. The van der Waals surface area contributed by atoms with Crippen LogP contribution >= 0.6 is 11.6 Å². The van der Waals surface area contributed by atoms with E-state index in [0.717, 1.165) is 18.9 Å². The quantitative estimate of drug-likeness (QED) is 0.124. The van der Waals surface area contributed by atoms with E-state index in [-0.39, 0.29) is 39.6 Å². The van der Waals surface area contributed by atoms with Gasteiger partial charge in [0, 0.05) is 37.5 Å². The lowest BCUT2D eigenvalue weighted by atomic mass is 9.80. The largest absolute Gasteiger partial charge is 0.448 e. The molecule has 1 saturated carbocycles. The number of halogens is 8. The number of ether oxygens (including phenoxy) is 4. The Kier molecular flexibility index (Phi) is 7.60. The van der Waals surface area contributed by atoms with Crippen LogP contribution in [0.2, 0.25) is 5.02 Å². The molecular formula is C26H23ClF7NO5. The molecule has 14 heteroatoms. The molecule has 1 unspecified atom stereocenters. The topological polar surface area (TPSA) is 57.2 Å². The highest BCUT2D eigenvalue weighted by Gasteiger charge is 2.48. The summed E-state index contributed by atoms with van der Waals surface area (Å²) in [7, 11) is 0. The summed E-state index contributed by atoms with van der Waals surface area (Å²) in [5.74, 6) is -15.8. The molecule has 1 saturated heterocycles. The lowest BCUT2D eigenvalue weighted by Crippen LogP contribution is -2.58. The van der Waals surface area contributed by atoms with E-state index in [4.69, 9.17) is 21.1 Å². The lowest BCUT2D eigenvalue weighted by molar-refractivity contribution is -0.203. The van der Waals surface area contributed by atoms with Gasteiger partial charge in [0.2, 0.25) is 34.8 Å². The van der Waals surface area contributed by atoms with Crippen molar-refractivity contribution in [2.24, 2.45) is 5.92 Å². The standard InChI is InChI=1S/C26H23ClF7NO5/c1-10-14(24(36)38-23-19(31)17(29)16(28)18(30)20(23)32)7-15(27)22-21(10)39-26(2,40-22)11-3-5-12(6-4-11)35-8-13(9-35)37-25(33)34/h7,11-13,25H,3-6,8-9H2,1-2H3. The predicted molar refractivity (Wildman–Crippen MR) is 125 cm³/mol. The number of hydrogen-bond acceptors (Lipinski definition) is 6. The first-order chi connectivity index (χ1) is 18.8. The maximum Gasteiger partial charge on any atom is 0.345 e. The van der Waals surface area contributed by atoms with Gasteiger partial charge in [0.05, 0.1) is 16.7 Å². The van der Waals surface area contributed by atoms with Crippen LogP contribution in [-0.2, 0) is 4.74 Å². The minimum atomic E-state index is -2.80. The molecule has 2 heterocycles. The van der Waals surface area contributed by atoms with Crippen molar-refractivity contribution in [2.45, 2.75) is 64.1 Å². The Balaban J connectivity index is 1.29. The number of carbonyl (C=O) groups excluding carboxylic acids is 1. The Morgan fingerprint density at radius 2 is 1.52 bits per heavy atom. The molecule has 2 aromatic carbocycles. The van der Waals surface area contributed by atoms with Crippen molar-refractivity contribution in [3.63, 3.8) is 0 Å². The SMILES string of the molecule is Cc1c(C(=O)Oc2c(F)c(F)c(F)c(F)c2F)cc(Cl)c2c1OC(C)(C1CCC(N3CC(OC(F)F)C3)CC1)O2. The smallest absolute Gasteiger partial charge is 0.345 e. The van der Waals surface area contributed by atoms with Crippen molar-refractivity contribution in [1.82, 2.24) is 4.90 Å². The van der Waals surface area contributed by atoms with Gasteiger partial charge in [-0.1, -0.05) is 11.6 Å². The number of alkyl halides is 2. The zero-order valence-corrected chi connectivity index (χ0v) is 21.9. The van der Waals surface area contributed by atoms with Crippen LogP contribution in [0.4, 0.5) is 30.7 Å². The van der Waals surface area contributed by atoms with Gasteiger partial charge >= 0.3 is 12.6 Å². The summed E-state index contributed by atoms with van der Waals surface area (Å²) in [5.41, 5.74) is -0.209. The molecule has 0 aromatic heterocycles. The number of carbonyl (C=O) groups is 1. The van der Waals surface area contributed by atoms with Gasteiger partial charge in [0.15, 0.2) is 11.5 Å². The molecule has 3 aliphatic rings. The van der Waals surface area contributed by atoms with Gasteiger partial charge in [0.1, 0.15) is 0 Å². The summed E-state index contributed by atoms with van der Waals surface area (Å²) in [5, 5.41) is -0.0898. The average Bonchev–Trinajstić information content (AvgIpc) is 3.28. The molecule has 40 heavy (non-hydrogen) atoms. The molecule has 0 spiro atoms. The molecule has 0 radical (unpaired) electrons. The molecule has 1 atom stereocenters. The highest BCUT2D eigenvalue weighted by molar-refractivity contribution is 6.32. The number of rotatable bonds is 6. The Morgan fingerprint density at radius 3 is 2.10 bits per heavy atom. The highest BCUT2D eigenvalue weighted by Crippen LogP contribution is 2.52. The molecule has 0 N–H and O–H groups in total. The van der Waals surface area contributed by atoms with E-state index < -0.39 is 59.3 Å². The molecule has 2 fully saturated rings. The summed E-state index contributed by atoms with van der Waals surface area (Å²) in [6, 6.07) is 1.30. The average molecular weight is 598 g/mol. The number of nitrogens with zero attached hydrogens (tertiary/aromatic N) is 1. The Hall–Kier alpha value is -2.77. The first-order valence-corrected chi connectivity index (χ1v) is 12.8. The van der Waals surface area contributed by atoms with Crippen molar-refractivity contribution in [2.75, 3.05) is 13.1 Å². The van der Waals surface area contributed by atoms with Crippen molar-refractivity contribution in [3.05, 3.63) is 51.3 Å². The number of benzene rings is 2. The third-order valence-corrected chi connectivity index (χ3v) is 8.04. The van der Waals surface area contributed by atoms with Gasteiger partial charge in [-0.05, 0) is 38.7 Å². The molecule has 0 amide bonds. The number of likely N-dealkylation sites (tertiary alicyclic amines) is 1. The van der Waals surface area contributed by atoms with Gasteiger partial charge in [-0.25, -0.2) is 18.0 Å². The third kappa shape index (κ3) is 4.96. The van der Waals surface area contributed by atoms with Crippen LogP contribution in [0, 0.1) is 41.9 Å². The zero-order chi connectivity index (χ0) is 29.1. The van der Waals surface area contributed by atoms with Gasteiger partial charge < -0.3 is 18.9 Å². The molecule has 2 aliphatic heterocycles. The monoisotopic (exact) mass is 597 g/mol. The summed E-state index contributed by atoms with van der Waals surface area (Å²) < 4.78 is 115. The third-order valence-electron chi connectivity index (χ3n) is 7.76. The van der Waals surface area contributed by atoms with E-state index in [2.05, 4.69) is 14.4 Å². The van der Waals surface area contributed by atoms with Crippen molar-refractivity contribution >= 4 is 17.6 Å². The summed E-state index contributed by atoms with van der Waals surface area (Å²) in [6.45, 7) is 1.21. The summed E-state index contributed by atoms with van der Waals surface area (Å²) >= 11 is 6.33. The second-order valence-corrected chi connectivity index (χ2v) is 10.6. The van der Waals surface area contributed by atoms with Gasteiger partial charge in [-0.2, -0.15) is 17.6 Å². The van der Waals surface area contributed by atoms with Crippen LogP contribution in [0.5, 0.6) is 17.2 Å². The minimum Gasteiger partial charge on any atom is -0.448 e. The summed E-state index contributed by atoms with van der Waals surface area (Å²) in [4.78, 5) is 14.9. The highest BCUT2D eigenvalue weighted by atomic mass is 35.5. The van der Waals surface area contributed by atoms with Crippen LogP contribution < -0.4 is 14.2 Å². The fourth-order valence-electron chi connectivity index (χ4n) is 5.51. The van der Waals surface area contributed by atoms with E-state index in [1.54, 1.807) is 6.92 Å². The first kappa shape index (κ1) is 28.7. The van der Waals surface area contributed by atoms with E-state index in [1.807, 2.05) is 0 Å². The molecule has 218 valence electrons. The van der Waals surface area contributed by atoms with Crippen LogP contribution in [-0.4, -0.2) is 48.5 Å². The van der Waals surface area contributed by atoms with E-state index >= 15 is 0 Å². The van der Waals surface area contributed by atoms with E-state index in [9.17, 15) is 35.5 Å². The molecule has 5 rings (SSSR count). The lowest BCUT2D eigenvalue weighted by Gasteiger charge is -2.47. The number of fused-ring (bicyclic) bond motifs is 1. The van der Waals surface area contributed by atoms with Crippen molar-refractivity contribution in [1.29, 1.82) is 0 Å². The number of hydrogen-bond donors (Lipinski definition) is 0.